The van der Waals surface area contributed by atoms with Crippen LogP contribution in [0.3, 0.4) is 0 Å². The van der Waals surface area contributed by atoms with Gasteiger partial charge in [0.1, 0.15) is 17.1 Å². The molecule has 1 fully saturated rings. The number of hydrogen-bond donors (Lipinski definition) is 1. The van der Waals surface area contributed by atoms with E-state index in [1.165, 1.54) is 11.0 Å². The molecule has 0 bridgehead atoms. The van der Waals surface area contributed by atoms with E-state index in [9.17, 15) is 9.59 Å². The van der Waals surface area contributed by atoms with Crippen molar-refractivity contribution in [2.45, 2.75) is 20.0 Å². The number of benzene rings is 2. The monoisotopic (exact) mass is 396 g/mol. The summed E-state index contributed by atoms with van der Waals surface area (Å²) in [6, 6.07) is 14.1. The van der Waals surface area contributed by atoms with Crippen LogP contribution < -0.4 is 19.7 Å². The zero-order valence-corrected chi connectivity index (χ0v) is 16.6. The molecule has 0 aliphatic carbocycles. The zero-order valence-electron chi connectivity index (χ0n) is 15.8. The van der Waals surface area contributed by atoms with Crippen molar-refractivity contribution in [1.82, 2.24) is 5.32 Å². The fourth-order valence-corrected chi connectivity index (χ4v) is 3.02. The minimum atomic E-state index is -0.542. The summed E-state index contributed by atoms with van der Waals surface area (Å²) in [5.41, 5.74) is 1.15. The molecule has 0 unspecified atom stereocenters. The van der Waals surface area contributed by atoms with E-state index in [4.69, 9.17) is 21.7 Å². The molecule has 1 heterocycles. The van der Waals surface area contributed by atoms with Gasteiger partial charge in [-0.2, -0.15) is 0 Å². The largest absolute Gasteiger partial charge is 0.497 e. The smallest absolute Gasteiger partial charge is 0.270 e. The van der Waals surface area contributed by atoms with E-state index in [0.717, 1.165) is 0 Å². The molecular formula is C21H20N2O4S. The first-order valence-electron chi connectivity index (χ1n) is 8.72. The summed E-state index contributed by atoms with van der Waals surface area (Å²) in [6.07, 6.45) is 1.48. The number of hydrogen-bond acceptors (Lipinski definition) is 5. The highest BCUT2D eigenvalue weighted by atomic mass is 32.1. The summed E-state index contributed by atoms with van der Waals surface area (Å²) < 4.78 is 10.9. The Kier molecular flexibility index (Phi) is 5.75. The molecule has 0 atom stereocenters. The topological polar surface area (TPSA) is 67.9 Å². The van der Waals surface area contributed by atoms with Crippen LogP contribution in [0.25, 0.3) is 6.08 Å². The number of anilines is 1. The number of rotatable bonds is 5. The summed E-state index contributed by atoms with van der Waals surface area (Å²) in [6.45, 7) is 3.82. The lowest BCUT2D eigenvalue weighted by atomic mass is 10.1. The van der Waals surface area contributed by atoms with E-state index >= 15 is 0 Å². The Bertz CT molecular complexity index is 951. The Morgan fingerprint density at radius 2 is 1.75 bits per heavy atom. The van der Waals surface area contributed by atoms with Gasteiger partial charge in [0.05, 0.1) is 18.9 Å². The Morgan fingerprint density at radius 3 is 2.39 bits per heavy atom. The van der Waals surface area contributed by atoms with Crippen molar-refractivity contribution in [3.05, 3.63) is 59.7 Å². The van der Waals surface area contributed by atoms with E-state index in [-0.39, 0.29) is 16.8 Å². The van der Waals surface area contributed by atoms with Crippen molar-refractivity contribution in [2.75, 3.05) is 12.0 Å². The molecule has 144 valence electrons. The number of methoxy groups -OCH3 is 1. The molecule has 2 amide bonds. The van der Waals surface area contributed by atoms with Crippen LogP contribution in [0, 0.1) is 0 Å². The fraction of sp³-hybridized carbons (Fsp3) is 0.190. The highest BCUT2D eigenvalue weighted by Crippen LogP contribution is 2.27. The third-order valence-corrected chi connectivity index (χ3v) is 4.30. The Balaban J connectivity index is 1.99. The average molecular weight is 396 g/mol. The zero-order chi connectivity index (χ0) is 20.3. The lowest BCUT2D eigenvalue weighted by Gasteiger charge is -2.29. The molecule has 3 rings (SSSR count). The van der Waals surface area contributed by atoms with E-state index in [1.54, 1.807) is 43.5 Å². The number of ether oxygens (including phenoxy) is 2. The van der Waals surface area contributed by atoms with Gasteiger partial charge in [-0.3, -0.25) is 19.8 Å². The van der Waals surface area contributed by atoms with Crippen molar-refractivity contribution in [3.63, 3.8) is 0 Å². The standard InChI is InChI=1S/C21H20N2O4S/c1-13(2)27-18-7-5-4-6-14(18)12-17-19(24)22-21(28)23(20(17)25)15-8-10-16(26-3)11-9-15/h4-13H,1-3H3,(H,22,24,28)/b17-12+. The summed E-state index contributed by atoms with van der Waals surface area (Å²) in [5, 5.41) is 2.61. The van der Waals surface area contributed by atoms with Crippen LogP contribution in [0.1, 0.15) is 19.4 Å². The van der Waals surface area contributed by atoms with Gasteiger partial charge in [0, 0.05) is 5.56 Å². The number of para-hydroxylation sites is 1. The van der Waals surface area contributed by atoms with Crippen LogP contribution >= 0.6 is 12.2 Å². The Labute approximate surface area is 168 Å². The number of thiocarbonyl (C=S) groups is 1. The first kappa shape index (κ1) is 19.6. The molecule has 1 N–H and O–H groups in total. The molecular weight excluding hydrogens is 376 g/mol. The minimum Gasteiger partial charge on any atom is -0.497 e. The summed E-state index contributed by atoms with van der Waals surface area (Å²) >= 11 is 5.21. The molecule has 0 spiro atoms. The first-order valence-corrected chi connectivity index (χ1v) is 9.12. The van der Waals surface area contributed by atoms with Crippen LogP contribution in [-0.2, 0) is 9.59 Å². The average Bonchev–Trinajstić information content (AvgIpc) is 2.66. The Hall–Kier alpha value is -3.19. The van der Waals surface area contributed by atoms with Crippen molar-refractivity contribution in [2.24, 2.45) is 0 Å². The van der Waals surface area contributed by atoms with E-state index in [1.807, 2.05) is 26.0 Å². The van der Waals surface area contributed by atoms with E-state index in [0.29, 0.717) is 22.7 Å². The molecule has 0 saturated carbocycles. The lowest BCUT2D eigenvalue weighted by Crippen LogP contribution is -2.54. The number of carbonyl (C=O) groups is 2. The second-order valence-electron chi connectivity index (χ2n) is 6.36. The van der Waals surface area contributed by atoms with Crippen molar-refractivity contribution in [1.29, 1.82) is 0 Å². The van der Waals surface area contributed by atoms with Crippen LogP contribution in [0.4, 0.5) is 5.69 Å². The quantitative estimate of drug-likeness (QED) is 0.477. The van der Waals surface area contributed by atoms with Crippen LogP contribution in [-0.4, -0.2) is 30.1 Å². The highest BCUT2D eigenvalue weighted by Gasteiger charge is 2.34. The second kappa shape index (κ2) is 8.22. The normalized spacial score (nSPS) is 15.8. The fourth-order valence-electron chi connectivity index (χ4n) is 2.74. The molecule has 2 aromatic carbocycles. The number of amides is 2. The van der Waals surface area contributed by atoms with Gasteiger partial charge in [0.15, 0.2) is 5.11 Å². The maximum absolute atomic E-state index is 13.1. The third kappa shape index (κ3) is 4.04. The second-order valence-corrected chi connectivity index (χ2v) is 6.75. The predicted octanol–water partition coefficient (Wildman–Crippen LogP) is 3.31. The third-order valence-electron chi connectivity index (χ3n) is 4.01. The molecule has 1 saturated heterocycles. The maximum Gasteiger partial charge on any atom is 0.270 e. The van der Waals surface area contributed by atoms with Gasteiger partial charge in [-0.05, 0) is 62.5 Å². The van der Waals surface area contributed by atoms with Gasteiger partial charge in [0.25, 0.3) is 11.8 Å². The van der Waals surface area contributed by atoms with Crippen LogP contribution in [0.5, 0.6) is 11.5 Å². The van der Waals surface area contributed by atoms with Crippen LogP contribution in [0.15, 0.2) is 54.1 Å². The van der Waals surface area contributed by atoms with Crippen molar-refractivity contribution in [3.8, 4) is 11.5 Å². The molecule has 0 aromatic heterocycles. The lowest BCUT2D eigenvalue weighted by molar-refractivity contribution is -0.122. The van der Waals surface area contributed by atoms with Crippen molar-refractivity contribution < 1.29 is 19.1 Å². The molecule has 1 aliphatic heterocycles. The molecule has 0 radical (unpaired) electrons. The summed E-state index contributed by atoms with van der Waals surface area (Å²) in [5.74, 6) is 0.200. The summed E-state index contributed by atoms with van der Waals surface area (Å²) in [7, 11) is 1.56. The van der Waals surface area contributed by atoms with E-state index < -0.39 is 11.8 Å². The highest BCUT2D eigenvalue weighted by molar-refractivity contribution is 7.80. The first-order chi connectivity index (χ1) is 13.4. The van der Waals surface area contributed by atoms with Gasteiger partial charge in [-0.1, -0.05) is 18.2 Å². The molecule has 6 nitrogen and oxygen atoms in total. The van der Waals surface area contributed by atoms with Crippen molar-refractivity contribution >= 4 is 40.9 Å². The van der Waals surface area contributed by atoms with Gasteiger partial charge in [-0.25, -0.2) is 0 Å². The minimum absolute atomic E-state index is 0.0239. The van der Waals surface area contributed by atoms with Crippen LogP contribution in [0.2, 0.25) is 0 Å². The maximum atomic E-state index is 13.1. The number of nitrogens with one attached hydrogen (secondary N) is 1. The summed E-state index contributed by atoms with van der Waals surface area (Å²) in [4.78, 5) is 26.8. The van der Waals surface area contributed by atoms with E-state index in [2.05, 4.69) is 5.32 Å². The molecule has 7 heteroatoms. The van der Waals surface area contributed by atoms with Gasteiger partial charge in [0.2, 0.25) is 0 Å². The predicted molar refractivity (Wildman–Crippen MR) is 111 cm³/mol. The Morgan fingerprint density at radius 1 is 1.07 bits per heavy atom. The van der Waals surface area contributed by atoms with Gasteiger partial charge in [-0.15, -0.1) is 0 Å². The van der Waals surface area contributed by atoms with Gasteiger partial charge < -0.3 is 9.47 Å². The molecule has 28 heavy (non-hydrogen) atoms. The number of carbonyl (C=O) groups excluding carboxylic acids is 2. The SMILES string of the molecule is COc1ccc(N2C(=O)/C(=C/c3ccccc3OC(C)C)C(=O)NC2=S)cc1. The molecule has 1 aliphatic rings. The van der Waals surface area contributed by atoms with Gasteiger partial charge >= 0.3 is 0 Å². The molecule has 2 aromatic rings. The number of nitrogens with zero attached hydrogens (tertiary/aromatic N) is 1.